The van der Waals surface area contributed by atoms with Gasteiger partial charge in [0.1, 0.15) is 5.54 Å². The molecule has 0 amide bonds. The molecule has 0 saturated carbocycles. The second kappa shape index (κ2) is 6.50. The van der Waals surface area contributed by atoms with E-state index in [4.69, 9.17) is 0 Å². The van der Waals surface area contributed by atoms with Crippen LogP contribution in [0.15, 0.2) is 0 Å². The van der Waals surface area contributed by atoms with E-state index in [9.17, 15) is 9.90 Å². The van der Waals surface area contributed by atoms with Crippen LogP contribution in [-0.4, -0.2) is 72.7 Å². The summed E-state index contributed by atoms with van der Waals surface area (Å²) in [6, 6.07) is 0.459. The number of carboxylic acid groups (broad SMARTS) is 1. The molecule has 2 unspecified atom stereocenters. The summed E-state index contributed by atoms with van der Waals surface area (Å²) in [5.74, 6) is -0.777. The van der Waals surface area contributed by atoms with E-state index < -0.39 is 11.5 Å². The number of likely N-dealkylation sites (N-methyl/N-ethyl adjacent to an activating group) is 3. The van der Waals surface area contributed by atoms with E-state index in [0.717, 1.165) is 19.5 Å². The fourth-order valence-electron chi connectivity index (χ4n) is 2.72. The molecule has 5 heteroatoms. The minimum Gasteiger partial charge on any atom is -0.480 e. The lowest BCUT2D eigenvalue weighted by Gasteiger charge is -2.39. The van der Waals surface area contributed by atoms with Crippen molar-refractivity contribution in [2.45, 2.75) is 38.3 Å². The summed E-state index contributed by atoms with van der Waals surface area (Å²) >= 11 is 0. The summed E-state index contributed by atoms with van der Waals surface area (Å²) in [7, 11) is 4.16. The van der Waals surface area contributed by atoms with Crippen LogP contribution < -0.4 is 5.32 Å². The van der Waals surface area contributed by atoms with E-state index in [-0.39, 0.29) is 0 Å². The van der Waals surface area contributed by atoms with Gasteiger partial charge in [-0.25, -0.2) is 0 Å². The maximum atomic E-state index is 11.4. The first-order valence-electron chi connectivity index (χ1n) is 6.76. The van der Waals surface area contributed by atoms with Gasteiger partial charge >= 0.3 is 5.97 Å². The zero-order valence-electron chi connectivity index (χ0n) is 12.1. The monoisotopic (exact) mass is 257 g/mol. The van der Waals surface area contributed by atoms with Crippen LogP contribution in [0.25, 0.3) is 0 Å². The van der Waals surface area contributed by atoms with Crippen LogP contribution >= 0.6 is 0 Å². The Kier molecular flexibility index (Phi) is 5.56. The minimum atomic E-state index is -0.862. The molecule has 0 bridgehead atoms. The normalized spacial score (nSPS) is 25.1. The topological polar surface area (TPSA) is 55.8 Å². The number of nitrogens with zero attached hydrogens (tertiary/aromatic N) is 2. The highest BCUT2D eigenvalue weighted by molar-refractivity contribution is 5.78. The Morgan fingerprint density at radius 1 is 1.61 bits per heavy atom. The standard InChI is InChI=1S/C13H27N3O2/c1-5-14-13(2,12(17)18)10-16(4)11-7-6-8-15(3)9-11/h11,14H,5-10H2,1-4H3,(H,17,18). The van der Waals surface area contributed by atoms with Gasteiger partial charge in [0.05, 0.1) is 0 Å². The molecule has 106 valence electrons. The molecule has 1 aliphatic rings. The molecule has 0 spiro atoms. The number of piperidine rings is 1. The lowest BCUT2D eigenvalue weighted by Crippen LogP contribution is -2.59. The predicted octanol–water partition coefficient (Wildman–Crippen LogP) is 0.465. The SMILES string of the molecule is CCNC(C)(CN(C)C1CCCN(C)C1)C(=O)O. The maximum absolute atomic E-state index is 11.4. The van der Waals surface area contributed by atoms with E-state index >= 15 is 0 Å². The third kappa shape index (κ3) is 3.93. The number of carboxylic acids is 1. The van der Waals surface area contributed by atoms with Crippen molar-refractivity contribution in [1.29, 1.82) is 0 Å². The molecule has 0 aromatic heterocycles. The first-order chi connectivity index (χ1) is 8.39. The van der Waals surface area contributed by atoms with Gasteiger partial charge in [-0.15, -0.1) is 0 Å². The molecular formula is C13H27N3O2. The highest BCUT2D eigenvalue weighted by Gasteiger charge is 2.35. The van der Waals surface area contributed by atoms with Gasteiger partial charge in [-0.2, -0.15) is 0 Å². The van der Waals surface area contributed by atoms with E-state index in [1.54, 1.807) is 6.92 Å². The van der Waals surface area contributed by atoms with Gasteiger partial charge in [0.15, 0.2) is 0 Å². The van der Waals surface area contributed by atoms with Crippen molar-refractivity contribution in [3.63, 3.8) is 0 Å². The Morgan fingerprint density at radius 2 is 2.28 bits per heavy atom. The van der Waals surface area contributed by atoms with Crippen LogP contribution in [0.5, 0.6) is 0 Å². The highest BCUT2D eigenvalue weighted by Crippen LogP contribution is 2.16. The molecule has 0 aliphatic carbocycles. The number of carbonyl (C=O) groups is 1. The summed E-state index contributed by atoms with van der Waals surface area (Å²) in [4.78, 5) is 15.9. The number of nitrogens with one attached hydrogen (secondary N) is 1. The first-order valence-corrected chi connectivity index (χ1v) is 6.76. The Bertz CT molecular complexity index is 285. The zero-order chi connectivity index (χ0) is 13.8. The molecule has 1 heterocycles. The minimum absolute atomic E-state index is 0.459. The fourth-order valence-corrected chi connectivity index (χ4v) is 2.72. The van der Waals surface area contributed by atoms with E-state index in [2.05, 4.69) is 22.2 Å². The molecule has 0 aromatic rings. The quantitative estimate of drug-likeness (QED) is 0.724. The van der Waals surface area contributed by atoms with Gasteiger partial charge < -0.3 is 15.3 Å². The van der Waals surface area contributed by atoms with Crippen LogP contribution in [0.2, 0.25) is 0 Å². The predicted molar refractivity (Wildman–Crippen MR) is 72.9 cm³/mol. The zero-order valence-corrected chi connectivity index (χ0v) is 12.1. The Morgan fingerprint density at radius 3 is 2.78 bits per heavy atom. The number of rotatable bonds is 6. The van der Waals surface area contributed by atoms with Gasteiger partial charge in [-0.1, -0.05) is 6.92 Å². The van der Waals surface area contributed by atoms with Gasteiger partial charge in [-0.3, -0.25) is 9.69 Å². The molecular weight excluding hydrogens is 230 g/mol. The molecule has 2 N–H and O–H groups in total. The molecule has 5 nitrogen and oxygen atoms in total. The highest BCUT2D eigenvalue weighted by atomic mass is 16.4. The molecule has 18 heavy (non-hydrogen) atoms. The largest absolute Gasteiger partial charge is 0.480 e. The van der Waals surface area contributed by atoms with Gasteiger partial charge in [0, 0.05) is 19.1 Å². The van der Waals surface area contributed by atoms with Crippen molar-refractivity contribution < 1.29 is 9.90 Å². The molecule has 1 fully saturated rings. The molecule has 0 radical (unpaired) electrons. The van der Waals surface area contributed by atoms with E-state index in [1.807, 2.05) is 14.0 Å². The number of likely N-dealkylation sites (tertiary alicyclic amines) is 1. The molecule has 1 aliphatic heterocycles. The van der Waals surface area contributed by atoms with Crippen LogP contribution in [0.4, 0.5) is 0 Å². The van der Waals surface area contributed by atoms with Crippen LogP contribution in [0.3, 0.4) is 0 Å². The Balaban J connectivity index is 2.60. The van der Waals surface area contributed by atoms with Crippen LogP contribution in [-0.2, 0) is 4.79 Å². The van der Waals surface area contributed by atoms with Crippen molar-refractivity contribution >= 4 is 5.97 Å². The number of hydrogen-bond acceptors (Lipinski definition) is 4. The average Bonchev–Trinajstić information content (AvgIpc) is 2.29. The summed E-state index contributed by atoms with van der Waals surface area (Å²) < 4.78 is 0. The second-order valence-electron chi connectivity index (χ2n) is 5.64. The summed E-state index contributed by atoms with van der Waals surface area (Å²) in [5.41, 5.74) is -0.862. The van der Waals surface area contributed by atoms with Gasteiger partial charge in [0.25, 0.3) is 0 Å². The summed E-state index contributed by atoms with van der Waals surface area (Å²) in [6.45, 7) is 7.08. The first kappa shape index (κ1) is 15.4. The lowest BCUT2D eigenvalue weighted by atomic mass is 9.98. The molecule has 1 rings (SSSR count). The maximum Gasteiger partial charge on any atom is 0.324 e. The summed E-state index contributed by atoms with van der Waals surface area (Å²) in [5, 5.41) is 12.4. The number of hydrogen-bond donors (Lipinski definition) is 2. The number of aliphatic carboxylic acids is 1. The van der Waals surface area contributed by atoms with Crippen LogP contribution in [0.1, 0.15) is 26.7 Å². The van der Waals surface area contributed by atoms with Crippen molar-refractivity contribution in [1.82, 2.24) is 15.1 Å². The third-order valence-corrected chi connectivity index (χ3v) is 3.83. The average molecular weight is 257 g/mol. The third-order valence-electron chi connectivity index (χ3n) is 3.83. The Labute approximate surface area is 110 Å². The van der Waals surface area contributed by atoms with Crippen molar-refractivity contribution in [3.8, 4) is 0 Å². The van der Waals surface area contributed by atoms with E-state index in [0.29, 0.717) is 19.1 Å². The van der Waals surface area contributed by atoms with Crippen molar-refractivity contribution in [2.24, 2.45) is 0 Å². The fraction of sp³-hybridized carbons (Fsp3) is 0.923. The van der Waals surface area contributed by atoms with Crippen molar-refractivity contribution in [3.05, 3.63) is 0 Å². The van der Waals surface area contributed by atoms with Crippen LogP contribution in [0, 0.1) is 0 Å². The molecule has 0 aromatic carbocycles. The van der Waals surface area contributed by atoms with Crippen molar-refractivity contribution in [2.75, 3.05) is 40.3 Å². The smallest absolute Gasteiger partial charge is 0.324 e. The summed E-state index contributed by atoms with van der Waals surface area (Å²) in [6.07, 6.45) is 2.35. The molecule has 2 atom stereocenters. The van der Waals surface area contributed by atoms with E-state index in [1.165, 1.54) is 6.42 Å². The van der Waals surface area contributed by atoms with Gasteiger partial charge in [0.2, 0.25) is 0 Å². The lowest BCUT2D eigenvalue weighted by molar-refractivity contribution is -0.145. The van der Waals surface area contributed by atoms with Gasteiger partial charge in [-0.05, 0) is 47.0 Å². The Hall–Kier alpha value is -0.650. The second-order valence-corrected chi connectivity index (χ2v) is 5.64. The molecule has 1 saturated heterocycles.